The van der Waals surface area contributed by atoms with Gasteiger partial charge < -0.3 is 14.2 Å². The van der Waals surface area contributed by atoms with Crippen molar-refractivity contribution in [1.82, 2.24) is 0 Å². The number of Topliss-reactive ketones (excluding diaryl/α,β-unsaturated/α-hetero) is 1. The van der Waals surface area contributed by atoms with Crippen LogP contribution >= 0.6 is 0 Å². The molecule has 0 saturated heterocycles. The fraction of sp³-hybridized carbons (Fsp3) is 0.588. The van der Waals surface area contributed by atoms with Crippen LogP contribution < -0.4 is 14.2 Å². The molecule has 0 bridgehead atoms. The Morgan fingerprint density at radius 3 is 2.05 bits per heavy atom. The van der Waals surface area contributed by atoms with Crippen molar-refractivity contribution in [3.8, 4) is 17.2 Å². The summed E-state index contributed by atoms with van der Waals surface area (Å²) < 4.78 is 16.6. The first kappa shape index (κ1) is 14.2. The highest BCUT2D eigenvalue weighted by molar-refractivity contribution is 5.92. The second kappa shape index (κ2) is 5.58. The molecule has 1 unspecified atom stereocenters. The summed E-state index contributed by atoms with van der Waals surface area (Å²) in [7, 11) is 3.24. The third-order valence-corrected chi connectivity index (χ3v) is 4.89. The van der Waals surface area contributed by atoms with E-state index in [0.717, 1.165) is 25.7 Å². The van der Waals surface area contributed by atoms with Crippen LogP contribution in [0.4, 0.5) is 0 Å². The number of ketones is 1. The van der Waals surface area contributed by atoms with Gasteiger partial charge in [-0.2, -0.15) is 0 Å². The Hall–Kier alpha value is -1.71. The average Bonchev–Trinajstić information content (AvgIpc) is 2.55. The van der Waals surface area contributed by atoms with Crippen LogP contribution in [-0.4, -0.2) is 26.1 Å². The van der Waals surface area contributed by atoms with Crippen molar-refractivity contribution in [2.45, 2.75) is 44.6 Å². The Balaban J connectivity index is 1.78. The summed E-state index contributed by atoms with van der Waals surface area (Å²) in [6.07, 6.45) is 5.96. The number of methoxy groups -OCH3 is 2. The third-order valence-electron chi connectivity index (χ3n) is 4.89. The van der Waals surface area contributed by atoms with Crippen molar-refractivity contribution in [3.63, 3.8) is 0 Å². The molecule has 2 aliphatic rings. The van der Waals surface area contributed by atoms with Gasteiger partial charge in [-0.1, -0.05) is 19.3 Å². The topological polar surface area (TPSA) is 44.8 Å². The van der Waals surface area contributed by atoms with Gasteiger partial charge in [0.1, 0.15) is 29.1 Å². The molecule has 4 nitrogen and oxygen atoms in total. The monoisotopic (exact) mass is 290 g/mol. The summed E-state index contributed by atoms with van der Waals surface area (Å²) in [5.74, 6) is 2.50. The number of rotatable bonds is 4. The van der Waals surface area contributed by atoms with Gasteiger partial charge in [-0.25, -0.2) is 0 Å². The molecule has 0 amide bonds. The molecule has 21 heavy (non-hydrogen) atoms. The quantitative estimate of drug-likeness (QED) is 0.853. The molecule has 1 aromatic rings. The molecule has 1 atom stereocenters. The van der Waals surface area contributed by atoms with E-state index < -0.39 is 0 Å². The van der Waals surface area contributed by atoms with Crippen molar-refractivity contribution in [2.24, 2.45) is 5.41 Å². The summed E-state index contributed by atoms with van der Waals surface area (Å²) in [6.45, 7) is 0. The largest absolute Gasteiger partial charge is 0.496 e. The predicted octanol–water partition coefficient (Wildman–Crippen LogP) is 3.37. The van der Waals surface area contributed by atoms with E-state index in [1.165, 1.54) is 6.42 Å². The van der Waals surface area contributed by atoms with Gasteiger partial charge >= 0.3 is 0 Å². The van der Waals surface area contributed by atoms with E-state index in [9.17, 15) is 4.79 Å². The zero-order chi connectivity index (χ0) is 14.9. The van der Waals surface area contributed by atoms with E-state index in [-0.39, 0.29) is 11.5 Å². The first-order valence-electron chi connectivity index (χ1n) is 7.61. The van der Waals surface area contributed by atoms with Gasteiger partial charge in [0.15, 0.2) is 0 Å². The molecule has 2 aliphatic carbocycles. The van der Waals surface area contributed by atoms with Crippen LogP contribution in [0, 0.1) is 5.41 Å². The van der Waals surface area contributed by atoms with Crippen LogP contribution in [0.2, 0.25) is 0 Å². The normalized spacial score (nSPS) is 23.5. The summed E-state index contributed by atoms with van der Waals surface area (Å²) >= 11 is 0. The van der Waals surface area contributed by atoms with E-state index in [2.05, 4.69) is 0 Å². The van der Waals surface area contributed by atoms with Gasteiger partial charge in [0.25, 0.3) is 0 Å². The lowest BCUT2D eigenvalue weighted by atomic mass is 9.57. The van der Waals surface area contributed by atoms with Crippen LogP contribution in [0.15, 0.2) is 18.2 Å². The maximum atomic E-state index is 12.1. The fourth-order valence-electron chi connectivity index (χ4n) is 3.57. The lowest BCUT2D eigenvalue weighted by Crippen LogP contribution is -2.57. The van der Waals surface area contributed by atoms with Crippen molar-refractivity contribution >= 4 is 5.78 Å². The highest BCUT2D eigenvalue weighted by atomic mass is 16.5. The number of hydrogen-bond donors (Lipinski definition) is 0. The number of hydrogen-bond acceptors (Lipinski definition) is 4. The molecule has 114 valence electrons. The van der Waals surface area contributed by atoms with E-state index in [1.807, 2.05) is 18.2 Å². The van der Waals surface area contributed by atoms with Gasteiger partial charge in [0, 0.05) is 24.6 Å². The Labute approximate surface area is 125 Å². The second-order valence-corrected chi connectivity index (χ2v) is 6.00. The zero-order valence-corrected chi connectivity index (χ0v) is 12.7. The maximum absolute atomic E-state index is 12.1. The van der Waals surface area contributed by atoms with Gasteiger partial charge in [0.2, 0.25) is 0 Å². The van der Waals surface area contributed by atoms with E-state index in [0.29, 0.717) is 29.5 Å². The van der Waals surface area contributed by atoms with Crippen LogP contribution in [0.3, 0.4) is 0 Å². The summed E-state index contributed by atoms with van der Waals surface area (Å²) in [5.41, 5.74) is -0.228. The van der Waals surface area contributed by atoms with Crippen molar-refractivity contribution in [3.05, 3.63) is 18.2 Å². The molecule has 0 N–H and O–H groups in total. The average molecular weight is 290 g/mol. The fourth-order valence-corrected chi connectivity index (χ4v) is 3.57. The van der Waals surface area contributed by atoms with Crippen molar-refractivity contribution in [1.29, 1.82) is 0 Å². The first-order chi connectivity index (χ1) is 10.2. The SMILES string of the molecule is COc1cc(OC)cc(OC2CC(=O)C23CCCCC3)c1. The molecule has 0 radical (unpaired) electrons. The second-order valence-electron chi connectivity index (χ2n) is 6.00. The molecular weight excluding hydrogens is 268 g/mol. The molecule has 4 heteroatoms. The highest BCUT2D eigenvalue weighted by Gasteiger charge is 2.56. The standard InChI is InChI=1S/C17H22O4/c1-19-12-8-13(20-2)10-14(9-12)21-16-11-15(18)17(16)6-4-3-5-7-17/h8-10,16H,3-7,11H2,1-2H3. The summed E-state index contributed by atoms with van der Waals surface area (Å²) in [6, 6.07) is 5.51. The Kier molecular flexibility index (Phi) is 3.79. The maximum Gasteiger partial charge on any atom is 0.146 e. The Morgan fingerprint density at radius 1 is 0.952 bits per heavy atom. The number of ether oxygens (including phenoxy) is 3. The van der Waals surface area contributed by atoms with E-state index >= 15 is 0 Å². The van der Waals surface area contributed by atoms with Gasteiger partial charge in [0.05, 0.1) is 19.6 Å². The lowest BCUT2D eigenvalue weighted by Gasteiger charge is -2.49. The molecule has 0 aromatic heterocycles. The zero-order valence-electron chi connectivity index (χ0n) is 12.7. The first-order valence-corrected chi connectivity index (χ1v) is 7.61. The predicted molar refractivity (Wildman–Crippen MR) is 79.1 cm³/mol. The number of benzene rings is 1. The molecule has 3 rings (SSSR count). The Bertz CT molecular complexity index is 509. The smallest absolute Gasteiger partial charge is 0.146 e. The molecule has 2 fully saturated rings. The van der Waals surface area contributed by atoms with Crippen molar-refractivity contribution < 1.29 is 19.0 Å². The van der Waals surface area contributed by atoms with Gasteiger partial charge in [-0.3, -0.25) is 4.79 Å². The number of carbonyl (C=O) groups excluding carboxylic acids is 1. The molecule has 0 aliphatic heterocycles. The molecule has 1 spiro atoms. The Morgan fingerprint density at radius 2 is 1.52 bits per heavy atom. The molecular formula is C17H22O4. The minimum Gasteiger partial charge on any atom is -0.496 e. The van der Waals surface area contributed by atoms with Crippen LogP contribution in [0.5, 0.6) is 17.2 Å². The molecule has 2 saturated carbocycles. The van der Waals surface area contributed by atoms with Crippen molar-refractivity contribution in [2.75, 3.05) is 14.2 Å². The van der Waals surface area contributed by atoms with E-state index in [1.54, 1.807) is 14.2 Å². The lowest BCUT2D eigenvalue weighted by molar-refractivity contribution is -0.156. The third kappa shape index (κ3) is 2.47. The minimum atomic E-state index is -0.228. The summed E-state index contributed by atoms with van der Waals surface area (Å²) in [5, 5.41) is 0. The minimum absolute atomic E-state index is 0.00196. The molecule has 1 aromatic carbocycles. The van der Waals surface area contributed by atoms with Gasteiger partial charge in [-0.05, 0) is 12.8 Å². The van der Waals surface area contributed by atoms with Crippen LogP contribution in [0.25, 0.3) is 0 Å². The van der Waals surface area contributed by atoms with Gasteiger partial charge in [-0.15, -0.1) is 0 Å². The number of carbonyl (C=O) groups is 1. The van der Waals surface area contributed by atoms with E-state index in [4.69, 9.17) is 14.2 Å². The summed E-state index contributed by atoms with van der Waals surface area (Å²) in [4.78, 5) is 12.1. The van der Waals surface area contributed by atoms with Crippen LogP contribution in [-0.2, 0) is 4.79 Å². The highest BCUT2D eigenvalue weighted by Crippen LogP contribution is 2.50. The van der Waals surface area contributed by atoms with Crippen LogP contribution in [0.1, 0.15) is 38.5 Å². The molecule has 0 heterocycles.